The molecule has 2 aliphatic rings. The van der Waals surface area contributed by atoms with Crippen molar-refractivity contribution in [2.24, 2.45) is 5.92 Å². The molecular weight excluding hydrogens is 336 g/mol. The van der Waals surface area contributed by atoms with Gasteiger partial charge in [0.1, 0.15) is 17.3 Å². The number of aliphatic hydroxyl groups is 1. The first kappa shape index (κ1) is 16.5. The number of aliphatic hydroxyl groups excluding tert-OH is 1. The van der Waals surface area contributed by atoms with Crippen LogP contribution in [-0.2, 0) is 17.6 Å². The van der Waals surface area contributed by atoms with E-state index in [1.807, 2.05) is 0 Å². The molecule has 0 saturated carbocycles. The second-order valence-electron chi connectivity index (χ2n) is 6.80. The van der Waals surface area contributed by atoms with Gasteiger partial charge < -0.3 is 15.3 Å². The highest BCUT2D eigenvalue weighted by Crippen LogP contribution is 2.46. The first-order valence-electron chi connectivity index (χ1n) is 8.29. The van der Waals surface area contributed by atoms with Crippen molar-refractivity contribution in [1.82, 2.24) is 0 Å². The second kappa shape index (κ2) is 5.51. The van der Waals surface area contributed by atoms with Gasteiger partial charge in [-0.2, -0.15) is 0 Å². The summed E-state index contributed by atoms with van der Waals surface area (Å²) in [5, 5.41) is 31.6. The summed E-state index contributed by atoms with van der Waals surface area (Å²) in [5.74, 6) is -2.86. The van der Waals surface area contributed by atoms with Crippen molar-refractivity contribution in [3.05, 3.63) is 57.6 Å². The molecule has 0 aliphatic heterocycles. The standard InChI is InChI=1S/C20H16O6/c1-8(21)11-6-12-13(7-14(11)22)20(26)16-15(19(12)25)17(23)9-4-2-3-5-10(9)18(16)24/h2-5,11,14,22,25-26H,6-7H2,1H3. The Balaban J connectivity index is 1.99. The van der Waals surface area contributed by atoms with E-state index in [4.69, 9.17) is 0 Å². The molecule has 3 N–H and O–H groups in total. The van der Waals surface area contributed by atoms with Crippen LogP contribution in [0.4, 0.5) is 0 Å². The number of hydrogen-bond donors (Lipinski definition) is 3. The quantitative estimate of drug-likeness (QED) is 0.573. The lowest BCUT2D eigenvalue weighted by molar-refractivity contribution is -0.124. The van der Waals surface area contributed by atoms with E-state index >= 15 is 0 Å². The zero-order valence-corrected chi connectivity index (χ0v) is 13.9. The highest BCUT2D eigenvalue weighted by molar-refractivity contribution is 6.30. The van der Waals surface area contributed by atoms with Gasteiger partial charge in [0.2, 0.25) is 0 Å². The summed E-state index contributed by atoms with van der Waals surface area (Å²) in [6.45, 7) is 1.35. The van der Waals surface area contributed by atoms with Crippen molar-refractivity contribution in [2.75, 3.05) is 0 Å². The number of Topliss-reactive ketones (excluding diaryl/α,β-unsaturated/α-hetero) is 1. The Hall–Kier alpha value is -2.99. The normalized spacial score (nSPS) is 21.0. The first-order chi connectivity index (χ1) is 12.3. The summed E-state index contributed by atoms with van der Waals surface area (Å²) in [7, 11) is 0. The molecule has 0 heterocycles. The van der Waals surface area contributed by atoms with Gasteiger partial charge in [0.15, 0.2) is 11.6 Å². The third-order valence-electron chi connectivity index (χ3n) is 5.35. The van der Waals surface area contributed by atoms with E-state index in [1.54, 1.807) is 12.1 Å². The maximum atomic E-state index is 12.9. The summed E-state index contributed by atoms with van der Waals surface area (Å²) in [5.41, 5.74) is 0.317. The fourth-order valence-corrected chi connectivity index (χ4v) is 3.98. The monoisotopic (exact) mass is 352 g/mol. The molecule has 26 heavy (non-hydrogen) atoms. The number of hydrogen-bond acceptors (Lipinski definition) is 6. The Labute approximate surface area is 148 Å². The van der Waals surface area contributed by atoms with Gasteiger partial charge in [-0.1, -0.05) is 24.3 Å². The van der Waals surface area contributed by atoms with Crippen LogP contribution in [0.15, 0.2) is 24.3 Å². The van der Waals surface area contributed by atoms with Gasteiger partial charge in [0, 0.05) is 34.6 Å². The van der Waals surface area contributed by atoms with Crippen LogP contribution in [0.1, 0.15) is 49.9 Å². The summed E-state index contributed by atoms with van der Waals surface area (Å²) < 4.78 is 0. The number of aromatic hydroxyl groups is 2. The number of rotatable bonds is 1. The van der Waals surface area contributed by atoms with Crippen LogP contribution >= 0.6 is 0 Å². The molecule has 0 spiro atoms. The summed E-state index contributed by atoms with van der Waals surface area (Å²) in [6.07, 6.45) is -1.10. The zero-order valence-electron chi connectivity index (χ0n) is 13.9. The van der Waals surface area contributed by atoms with Crippen molar-refractivity contribution in [3.8, 4) is 11.5 Å². The highest BCUT2D eigenvalue weighted by Gasteiger charge is 2.41. The highest BCUT2D eigenvalue weighted by atomic mass is 16.3. The largest absolute Gasteiger partial charge is 0.507 e. The number of carbonyl (C=O) groups excluding carboxylic acids is 3. The third kappa shape index (κ3) is 2.05. The molecule has 2 atom stereocenters. The molecule has 0 fully saturated rings. The lowest BCUT2D eigenvalue weighted by atomic mass is 9.74. The van der Waals surface area contributed by atoms with Gasteiger partial charge in [-0.05, 0) is 13.3 Å². The molecule has 0 saturated heterocycles. The average molecular weight is 352 g/mol. The topological polar surface area (TPSA) is 112 Å². The van der Waals surface area contributed by atoms with Crippen LogP contribution in [0.5, 0.6) is 11.5 Å². The molecule has 6 nitrogen and oxygen atoms in total. The molecule has 0 aromatic heterocycles. The molecule has 0 amide bonds. The van der Waals surface area contributed by atoms with Crippen molar-refractivity contribution in [3.63, 3.8) is 0 Å². The first-order valence-corrected chi connectivity index (χ1v) is 8.29. The van der Waals surface area contributed by atoms with Crippen molar-refractivity contribution >= 4 is 17.3 Å². The molecule has 0 radical (unpaired) electrons. The van der Waals surface area contributed by atoms with Crippen LogP contribution in [0.25, 0.3) is 0 Å². The van der Waals surface area contributed by atoms with Gasteiger partial charge >= 0.3 is 0 Å². The number of ketones is 3. The Kier molecular flexibility index (Phi) is 3.49. The van der Waals surface area contributed by atoms with E-state index in [0.717, 1.165) is 0 Å². The van der Waals surface area contributed by atoms with E-state index in [2.05, 4.69) is 0 Å². The molecular formula is C20H16O6. The summed E-state index contributed by atoms with van der Waals surface area (Å²) >= 11 is 0. The molecule has 2 unspecified atom stereocenters. The zero-order chi connectivity index (χ0) is 18.7. The second-order valence-corrected chi connectivity index (χ2v) is 6.80. The Morgan fingerprint density at radius 3 is 1.85 bits per heavy atom. The van der Waals surface area contributed by atoms with Crippen LogP contribution < -0.4 is 0 Å². The molecule has 2 aromatic carbocycles. The van der Waals surface area contributed by atoms with Gasteiger partial charge in [-0.3, -0.25) is 14.4 Å². The molecule has 4 rings (SSSR count). The van der Waals surface area contributed by atoms with Gasteiger partial charge in [0.05, 0.1) is 17.2 Å². The lowest BCUT2D eigenvalue weighted by Gasteiger charge is -2.31. The SMILES string of the molecule is CC(=O)C1Cc2c(O)c3c(c(O)c2CC1O)C(=O)c1ccccc1C3=O. The number of benzene rings is 2. The van der Waals surface area contributed by atoms with Gasteiger partial charge in [-0.25, -0.2) is 0 Å². The predicted octanol–water partition coefficient (Wildman–Crippen LogP) is 1.54. The van der Waals surface area contributed by atoms with Crippen LogP contribution in [0.3, 0.4) is 0 Å². The third-order valence-corrected chi connectivity index (χ3v) is 5.35. The van der Waals surface area contributed by atoms with E-state index in [9.17, 15) is 29.7 Å². The molecule has 2 aromatic rings. The fourth-order valence-electron chi connectivity index (χ4n) is 3.98. The Morgan fingerprint density at radius 2 is 1.38 bits per heavy atom. The molecule has 0 bridgehead atoms. The predicted molar refractivity (Wildman–Crippen MR) is 90.7 cm³/mol. The van der Waals surface area contributed by atoms with E-state index in [0.29, 0.717) is 0 Å². The number of fused-ring (bicyclic) bond motifs is 3. The molecule has 6 heteroatoms. The number of carbonyl (C=O) groups is 3. The van der Waals surface area contributed by atoms with Crippen LogP contribution in [0, 0.1) is 5.92 Å². The summed E-state index contributed by atoms with van der Waals surface area (Å²) in [6, 6.07) is 6.23. The number of phenols is 2. The maximum Gasteiger partial charge on any atom is 0.198 e. The van der Waals surface area contributed by atoms with E-state index < -0.39 is 29.3 Å². The molecule has 132 valence electrons. The molecule has 2 aliphatic carbocycles. The van der Waals surface area contributed by atoms with Crippen molar-refractivity contribution in [1.29, 1.82) is 0 Å². The average Bonchev–Trinajstić information content (AvgIpc) is 2.62. The lowest BCUT2D eigenvalue weighted by Crippen LogP contribution is -2.35. The minimum absolute atomic E-state index is 0.00161. The maximum absolute atomic E-state index is 12.9. The van der Waals surface area contributed by atoms with Crippen molar-refractivity contribution in [2.45, 2.75) is 25.9 Å². The minimum atomic E-state index is -1.02. The Bertz CT molecular complexity index is 1000. The van der Waals surface area contributed by atoms with Crippen molar-refractivity contribution < 1.29 is 29.7 Å². The van der Waals surface area contributed by atoms with Gasteiger partial charge in [-0.15, -0.1) is 0 Å². The van der Waals surface area contributed by atoms with Crippen LogP contribution in [-0.4, -0.2) is 38.8 Å². The fraction of sp³-hybridized carbons (Fsp3) is 0.250. The van der Waals surface area contributed by atoms with E-state index in [-0.39, 0.29) is 57.8 Å². The summed E-state index contributed by atoms with van der Waals surface area (Å²) in [4.78, 5) is 37.4. The Morgan fingerprint density at radius 1 is 0.923 bits per heavy atom. The van der Waals surface area contributed by atoms with E-state index in [1.165, 1.54) is 19.1 Å². The van der Waals surface area contributed by atoms with Gasteiger partial charge in [0.25, 0.3) is 0 Å². The van der Waals surface area contributed by atoms with Crippen LogP contribution in [0.2, 0.25) is 0 Å². The minimum Gasteiger partial charge on any atom is -0.507 e. The number of phenolic OH excluding ortho intramolecular Hbond substituents is 2. The smallest absolute Gasteiger partial charge is 0.198 e.